The molecule has 4 aliphatic heterocycles. The summed E-state index contributed by atoms with van der Waals surface area (Å²) in [5, 5.41) is 72.7. The molecule has 8 aliphatic rings. The van der Waals surface area contributed by atoms with Gasteiger partial charge in [0, 0.05) is 12.3 Å². The second-order valence-corrected chi connectivity index (χ2v) is 18.1. The molecule has 4 heterocycles. The van der Waals surface area contributed by atoms with Crippen LogP contribution in [0.5, 0.6) is 0 Å². The van der Waals surface area contributed by atoms with Gasteiger partial charge in [0.25, 0.3) is 0 Å². The molecule has 4 aliphatic carbocycles. The Morgan fingerprint density at radius 1 is 0.686 bits per heavy atom. The van der Waals surface area contributed by atoms with Gasteiger partial charge in [0.1, 0.15) is 48.8 Å². The average molecular weight is 727 g/mol. The van der Waals surface area contributed by atoms with Crippen LogP contribution in [0.25, 0.3) is 0 Å². The summed E-state index contributed by atoms with van der Waals surface area (Å²) < 4.78 is 36.9. The number of ether oxygens (including phenoxy) is 6. The van der Waals surface area contributed by atoms with Gasteiger partial charge in [-0.05, 0) is 105 Å². The van der Waals surface area contributed by atoms with Crippen molar-refractivity contribution in [3.8, 4) is 0 Å². The summed E-state index contributed by atoms with van der Waals surface area (Å²) in [6.07, 6.45) is -2.46. The SMILES string of the molecule is C[C@H]1[C@@H]2[C@H](C[C@@H]3[C@@H]4CC[C@H]5C[C@@H](O[C@@H]6O[C@H](CO)[C@H](O[C@@H]7O[C@H](CO)[C@@H](O)[C@H](O)[C@H]7O)[C@H](O)[C@H]6O)CC[C@]5(C)[C@@H]4CC[C@]23C)O[C@]12CCCCO2. The normalized spacial score (nSPS) is 58.5. The van der Waals surface area contributed by atoms with E-state index in [1.54, 1.807) is 0 Å². The molecule has 21 atom stereocenters. The molecule has 0 aromatic rings. The van der Waals surface area contributed by atoms with Gasteiger partial charge in [-0.1, -0.05) is 20.8 Å². The van der Waals surface area contributed by atoms with E-state index in [4.69, 9.17) is 28.4 Å². The van der Waals surface area contributed by atoms with E-state index in [1.165, 1.54) is 25.7 Å². The maximum Gasteiger partial charge on any atom is 0.187 e. The van der Waals surface area contributed by atoms with Gasteiger partial charge in [-0.2, -0.15) is 0 Å². The second-order valence-electron chi connectivity index (χ2n) is 18.1. The molecule has 8 rings (SSSR count). The van der Waals surface area contributed by atoms with E-state index in [9.17, 15) is 35.7 Å². The zero-order chi connectivity index (χ0) is 36.0. The summed E-state index contributed by atoms with van der Waals surface area (Å²) >= 11 is 0. The van der Waals surface area contributed by atoms with Gasteiger partial charge < -0.3 is 64.2 Å². The second kappa shape index (κ2) is 13.9. The Hall–Kier alpha value is -0.520. The largest absolute Gasteiger partial charge is 0.394 e. The van der Waals surface area contributed by atoms with Gasteiger partial charge in [0.2, 0.25) is 0 Å². The third kappa shape index (κ3) is 5.90. The number of hydrogen-bond donors (Lipinski definition) is 7. The molecule has 0 radical (unpaired) electrons. The zero-order valence-electron chi connectivity index (χ0n) is 30.4. The van der Waals surface area contributed by atoms with Crippen LogP contribution in [0, 0.1) is 46.3 Å². The van der Waals surface area contributed by atoms with Crippen molar-refractivity contribution >= 4 is 0 Å². The number of aliphatic hydroxyl groups is 7. The highest BCUT2D eigenvalue weighted by Gasteiger charge is 2.69. The van der Waals surface area contributed by atoms with Crippen molar-refractivity contribution in [1.82, 2.24) is 0 Å². The lowest BCUT2D eigenvalue weighted by molar-refractivity contribution is -0.364. The molecule has 4 saturated heterocycles. The van der Waals surface area contributed by atoms with Crippen molar-refractivity contribution in [1.29, 1.82) is 0 Å². The summed E-state index contributed by atoms with van der Waals surface area (Å²) in [5.41, 5.74) is 0.480. The van der Waals surface area contributed by atoms with E-state index < -0.39 is 74.6 Å². The van der Waals surface area contributed by atoms with Crippen LogP contribution in [0.1, 0.15) is 91.4 Å². The van der Waals surface area contributed by atoms with E-state index in [-0.39, 0.29) is 22.7 Å². The Labute approximate surface area is 300 Å². The highest BCUT2D eigenvalue weighted by Crippen LogP contribution is 2.71. The lowest BCUT2D eigenvalue weighted by atomic mass is 9.44. The van der Waals surface area contributed by atoms with Crippen LogP contribution in [0.4, 0.5) is 0 Å². The summed E-state index contributed by atoms with van der Waals surface area (Å²) in [6.45, 7) is 7.06. The molecule has 13 heteroatoms. The molecule has 7 N–H and O–H groups in total. The first-order valence-electron chi connectivity index (χ1n) is 19.9. The fourth-order valence-corrected chi connectivity index (χ4v) is 13.1. The van der Waals surface area contributed by atoms with Crippen LogP contribution in [0.15, 0.2) is 0 Å². The first kappa shape index (κ1) is 37.4. The molecule has 13 nitrogen and oxygen atoms in total. The van der Waals surface area contributed by atoms with E-state index in [1.807, 2.05) is 0 Å². The summed E-state index contributed by atoms with van der Waals surface area (Å²) in [5.74, 6) is 3.09. The van der Waals surface area contributed by atoms with Crippen molar-refractivity contribution in [2.75, 3.05) is 19.8 Å². The van der Waals surface area contributed by atoms with Crippen molar-refractivity contribution in [2.24, 2.45) is 46.3 Å². The highest BCUT2D eigenvalue weighted by atomic mass is 16.7. The lowest BCUT2D eigenvalue weighted by Gasteiger charge is -2.61. The average Bonchev–Trinajstić information content (AvgIpc) is 3.57. The molecular formula is C38H62O13. The summed E-state index contributed by atoms with van der Waals surface area (Å²) in [6, 6.07) is 0. The van der Waals surface area contributed by atoms with Crippen molar-refractivity contribution in [3.05, 3.63) is 0 Å². The Kier molecular flexibility index (Phi) is 10.2. The fraction of sp³-hybridized carbons (Fsp3) is 1.00. The Balaban J connectivity index is 0.895. The monoisotopic (exact) mass is 726 g/mol. The van der Waals surface area contributed by atoms with Crippen LogP contribution in [-0.4, -0.2) is 135 Å². The molecule has 292 valence electrons. The number of hydrogen-bond acceptors (Lipinski definition) is 13. The van der Waals surface area contributed by atoms with E-state index in [0.717, 1.165) is 51.6 Å². The molecular weight excluding hydrogens is 664 g/mol. The minimum Gasteiger partial charge on any atom is -0.394 e. The minimum atomic E-state index is -1.71. The number of aliphatic hydroxyl groups excluding tert-OH is 7. The molecule has 4 saturated carbocycles. The van der Waals surface area contributed by atoms with Crippen LogP contribution in [0.2, 0.25) is 0 Å². The van der Waals surface area contributed by atoms with E-state index in [2.05, 4.69) is 20.8 Å². The predicted octanol–water partition coefficient (Wildman–Crippen LogP) is 1.20. The van der Waals surface area contributed by atoms with E-state index >= 15 is 0 Å². The Morgan fingerprint density at radius 2 is 1.39 bits per heavy atom. The maximum absolute atomic E-state index is 11.1. The first-order chi connectivity index (χ1) is 24.3. The molecule has 8 fully saturated rings. The van der Waals surface area contributed by atoms with Gasteiger partial charge in [-0.25, -0.2) is 0 Å². The Bertz CT molecular complexity index is 1230. The van der Waals surface area contributed by atoms with Crippen molar-refractivity contribution in [3.63, 3.8) is 0 Å². The van der Waals surface area contributed by atoms with Gasteiger partial charge in [0.05, 0.1) is 32.0 Å². The number of fused-ring (bicyclic) bond motifs is 7. The van der Waals surface area contributed by atoms with Crippen LogP contribution < -0.4 is 0 Å². The smallest absolute Gasteiger partial charge is 0.187 e. The van der Waals surface area contributed by atoms with Crippen molar-refractivity contribution in [2.45, 2.75) is 171 Å². The zero-order valence-corrected chi connectivity index (χ0v) is 30.4. The summed E-state index contributed by atoms with van der Waals surface area (Å²) in [7, 11) is 0. The molecule has 0 bridgehead atoms. The summed E-state index contributed by atoms with van der Waals surface area (Å²) in [4.78, 5) is 0. The Morgan fingerprint density at radius 3 is 2.12 bits per heavy atom. The number of rotatable bonds is 6. The molecule has 0 aromatic heterocycles. The standard InChI is InChI=1S/C38H62O13/c1-18-27-24(51-38(18)10-4-5-13-46-38)15-23-21-7-6-19-14-20(8-11-36(19,2)22(21)9-12-37(23,27)3)47-34-32(45)30(43)33(26(17-40)49-34)50-35-31(44)29(42)28(41)25(16-39)48-35/h18-35,39-45H,4-17H2,1-3H3/t18-,19-,20-,21+,22+,23+,24-,25+,26+,27+,28+,29-,30+,31+,32+,33-,34+,35-,36-,37-,38+/m0/s1. The van der Waals surface area contributed by atoms with Crippen molar-refractivity contribution < 1.29 is 64.2 Å². The maximum atomic E-state index is 11.1. The molecule has 0 aromatic carbocycles. The van der Waals surface area contributed by atoms with E-state index in [0.29, 0.717) is 41.6 Å². The minimum absolute atomic E-state index is 0.186. The van der Waals surface area contributed by atoms with Gasteiger partial charge in [-0.3, -0.25) is 0 Å². The highest BCUT2D eigenvalue weighted by molar-refractivity contribution is 5.15. The van der Waals surface area contributed by atoms with Gasteiger partial charge >= 0.3 is 0 Å². The lowest BCUT2D eigenvalue weighted by Crippen LogP contribution is -2.65. The van der Waals surface area contributed by atoms with Crippen LogP contribution in [0.3, 0.4) is 0 Å². The van der Waals surface area contributed by atoms with Gasteiger partial charge in [0.15, 0.2) is 18.4 Å². The molecule has 1 spiro atoms. The molecule has 51 heavy (non-hydrogen) atoms. The predicted molar refractivity (Wildman–Crippen MR) is 178 cm³/mol. The van der Waals surface area contributed by atoms with Crippen LogP contribution in [-0.2, 0) is 28.4 Å². The third-order valence-corrected chi connectivity index (χ3v) is 15.8. The quantitative estimate of drug-likeness (QED) is 0.193. The third-order valence-electron chi connectivity index (χ3n) is 15.8. The fourth-order valence-electron chi connectivity index (χ4n) is 13.1. The van der Waals surface area contributed by atoms with Crippen LogP contribution >= 0.6 is 0 Å². The molecule has 0 amide bonds. The van der Waals surface area contributed by atoms with Gasteiger partial charge in [-0.15, -0.1) is 0 Å². The first-order valence-corrected chi connectivity index (χ1v) is 19.9. The molecule has 0 unspecified atom stereocenters. The topological polar surface area (TPSA) is 197 Å².